The fraction of sp³-hybridized carbons (Fsp3) is 0.500. The number of aliphatic hydroxyl groups is 1. The Hall–Kier alpha value is -1.66. The Balaban J connectivity index is 1.82. The maximum Gasteiger partial charge on any atom is 0.154 e. The summed E-state index contributed by atoms with van der Waals surface area (Å²) in [7, 11) is 1.94. The van der Waals surface area contributed by atoms with Crippen molar-refractivity contribution in [3.05, 3.63) is 18.6 Å². The second-order valence-corrected chi connectivity index (χ2v) is 4.76. The lowest BCUT2D eigenvalue weighted by molar-refractivity contribution is 0.0381. The molecule has 18 heavy (non-hydrogen) atoms. The zero-order chi connectivity index (χ0) is 12.6. The van der Waals surface area contributed by atoms with E-state index < -0.39 is 5.60 Å². The van der Waals surface area contributed by atoms with Gasteiger partial charge in [-0.3, -0.25) is 0 Å². The molecule has 1 aliphatic rings. The lowest BCUT2D eigenvalue weighted by Crippen LogP contribution is -2.37. The first-order valence-electron chi connectivity index (χ1n) is 5.98. The van der Waals surface area contributed by atoms with Gasteiger partial charge in [0.25, 0.3) is 0 Å². The molecule has 1 atom stereocenters. The molecule has 2 N–H and O–H groups in total. The Bertz CT molecular complexity index is 560. The minimum atomic E-state index is -0.793. The molecule has 2 aromatic rings. The Morgan fingerprint density at radius 1 is 1.56 bits per heavy atom. The van der Waals surface area contributed by atoms with Crippen LogP contribution >= 0.6 is 0 Å². The monoisotopic (exact) mass is 248 g/mol. The molecule has 6 nitrogen and oxygen atoms in total. The molecule has 96 valence electrons. The van der Waals surface area contributed by atoms with Crippen molar-refractivity contribution >= 4 is 16.9 Å². The molecule has 1 aliphatic heterocycles. The van der Waals surface area contributed by atoms with Gasteiger partial charge in [0, 0.05) is 32.8 Å². The van der Waals surface area contributed by atoms with Crippen LogP contribution in [0.4, 0.5) is 5.82 Å². The minimum Gasteiger partial charge on any atom is -0.386 e. The molecule has 0 saturated carbocycles. The highest BCUT2D eigenvalue weighted by Gasteiger charge is 2.32. The van der Waals surface area contributed by atoms with Gasteiger partial charge in [0.05, 0.1) is 18.5 Å². The number of hydrogen-bond acceptors (Lipinski definition) is 5. The van der Waals surface area contributed by atoms with Crippen LogP contribution in [0.2, 0.25) is 0 Å². The summed E-state index contributed by atoms with van der Waals surface area (Å²) in [4.78, 5) is 8.58. The maximum atomic E-state index is 10.2. The smallest absolute Gasteiger partial charge is 0.154 e. The summed E-state index contributed by atoms with van der Waals surface area (Å²) in [5.74, 6) is 0.702. The highest BCUT2D eigenvalue weighted by molar-refractivity contribution is 5.85. The molecule has 1 saturated heterocycles. The molecular weight excluding hydrogens is 232 g/mol. The third-order valence-electron chi connectivity index (χ3n) is 3.31. The molecular formula is C12H16N4O2. The van der Waals surface area contributed by atoms with Gasteiger partial charge in [0.2, 0.25) is 0 Å². The van der Waals surface area contributed by atoms with Crippen LogP contribution in [0.3, 0.4) is 0 Å². The van der Waals surface area contributed by atoms with Gasteiger partial charge in [-0.2, -0.15) is 0 Å². The first-order valence-corrected chi connectivity index (χ1v) is 5.98. The number of nitrogens with one attached hydrogen (secondary N) is 1. The summed E-state index contributed by atoms with van der Waals surface area (Å²) in [6, 6.07) is 1.92. The van der Waals surface area contributed by atoms with Crippen LogP contribution in [0.5, 0.6) is 0 Å². The normalized spacial score (nSPS) is 23.7. The van der Waals surface area contributed by atoms with Crippen LogP contribution in [0, 0.1) is 0 Å². The van der Waals surface area contributed by atoms with Crippen LogP contribution in [0.1, 0.15) is 6.42 Å². The summed E-state index contributed by atoms with van der Waals surface area (Å²) >= 11 is 0. The summed E-state index contributed by atoms with van der Waals surface area (Å²) in [6.45, 7) is 1.41. The average molecular weight is 248 g/mol. The van der Waals surface area contributed by atoms with Gasteiger partial charge in [0.1, 0.15) is 11.1 Å². The predicted molar refractivity (Wildman–Crippen MR) is 67.4 cm³/mol. The number of aryl methyl sites for hydroxylation is 1. The molecule has 3 rings (SSSR count). The van der Waals surface area contributed by atoms with Gasteiger partial charge >= 0.3 is 0 Å². The van der Waals surface area contributed by atoms with Crippen molar-refractivity contribution in [2.45, 2.75) is 12.0 Å². The molecule has 0 aliphatic carbocycles. The van der Waals surface area contributed by atoms with Crippen LogP contribution in [-0.2, 0) is 11.8 Å². The average Bonchev–Trinajstić information content (AvgIpc) is 2.96. The number of imidazole rings is 1. The van der Waals surface area contributed by atoms with E-state index in [1.54, 1.807) is 12.5 Å². The van der Waals surface area contributed by atoms with E-state index in [-0.39, 0.29) is 0 Å². The standard InChI is InChI=1S/C12H16N4O2/c1-16-8-15-10-9(16)2-4-13-11(10)14-6-12(17)3-5-18-7-12/h2,4,8,17H,3,5-7H2,1H3,(H,13,14). The van der Waals surface area contributed by atoms with Crippen molar-refractivity contribution in [3.8, 4) is 0 Å². The molecule has 0 aromatic carbocycles. The third kappa shape index (κ3) is 1.93. The molecule has 0 amide bonds. The van der Waals surface area contributed by atoms with Crippen molar-refractivity contribution in [3.63, 3.8) is 0 Å². The molecule has 0 radical (unpaired) electrons. The third-order valence-corrected chi connectivity index (χ3v) is 3.31. The second kappa shape index (κ2) is 4.22. The Labute approximate surface area is 105 Å². The molecule has 0 bridgehead atoms. The minimum absolute atomic E-state index is 0.373. The molecule has 3 heterocycles. The predicted octanol–water partition coefficient (Wildman–Crippen LogP) is 0.532. The molecule has 1 unspecified atom stereocenters. The van der Waals surface area contributed by atoms with Crippen LogP contribution in [-0.4, -0.2) is 45.0 Å². The first-order chi connectivity index (χ1) is 8.68. The van der Waals surface area contributed by atoms with E-state index in [4.69, 9.17) is 4.74 Å². The zero-order valence-corrected chi connectivity index (χ0v) is 10.3. The Morgan fingerprint density at radius 2 is 2.44 bits per heavy atom. The van der Waals surface area contributed by atoms with Crippen molar-refractivity contribution < 1.29 is 9.84 Å². The van der Waals surface area contributed by atoms with Crippen molar-refractivity contribution in [1.29, 1.82) is 0 Å². The van der Waals surface area contributed by atoms with Crippen molar-refractivity contribution in [2.75, 3.05) is 25.1 Å². The number of pyridine rings is 1. The number of hydrogen-bond donors (Lipinski definition) is 2. The second-order valence-electron chi connectivity index (χ2n) is 4.76. The number of aromatic nitrogens is 3. The van der Waals surface area contributed by atoms with Gasteiger partial charge in [0.15, 0.2) is 5.82 Å². The number of ether oxygens (including phenoxy) is 1. The molecule has 0 spiro atoms. The molecule has 1 fully saturated rings. The fourth-order valence-electron chi connectivity index (χ4n) is 2.18. The van der Waals surface area contributed by atoms with E-state index >= 15 is 0 Å². The van der Waals surface area contributed by atoms with E-state index in [9.17, 15) is 5.11 Å². The number of anilines is 1. The van der Waals surface area contributed by atoms with Crippen molar-refractivity contribution in [1.82, 2.24) is 14.5 Å². The van der Waals surface area contributed by atoms with E-state index in [0.717, 1.165) is 11.0 Å². The lowest BCUT2D eigenvalue weighted by atomic mass is 10.0. The topological polar surface area (TPSA) is 72.2 Å². The van der Waals surface area contributed by atoms with Gasteiger partial charge in [-0.25, -0.2) is 9.97 Å². The van der Waals surface area contributed by atoms with Gasteiger partial charge < -0.3 is 19.7 Å². The Kier molecular flexibility index (Phi) is 2.68. The van der Waals surface area contributed by atoms with E-state index in [1.165, 1.54) is 0 Å². The van der Waals surface area contributed by atoms with Crippen molar-refractivity contribution in [2.24, 2.45) is 7.05 Å². The van der Waals surface area contributed by atoms with Crippen LogP contribution < -0.4 is 5.32 Å². The summed E-state index contributed by atoms with van der Waals surface area (Å²) < 4.78 is 7.15. The maximum absolute atomic E-state index is 10.2. The molecule has 2 aromatic heterocycles. The lowest BCUT2D eigenvalue weighted by Gasteiger charge is -2.20. The summed E-state index contributed by atoms with van der Waals surface area (Å²) in [5, 5.41) is 13.4. The zero-order valence-electron chi connectivity index (χ0n) is 10.3. The van der Waals surface area contributed by atoms with Crippen LogP contribution in [0.25, 0.3) is 11.0 Å². The number of rotatable bonds is 3. The van der Waals surface area contributed by atoms with Gasteiger partial charge in [-0.05, 0) is 6.07 Å². The number of fused-ring (bicyclic) bond motifs is 1. The van der Waals surface area contributed by atoms with E-state index in [0.29, 0.717) is 32.0 Å². The first kappa shape index (κ1) is 11.4. The highest BCUT2D eigenvalue weighted by Crippen LogP contribution is 2.22. The Morgan fingerprint density at radius 3 is 3.22 bits per heavy atom. The summed E-state index contributed by atoms with van der Waals surface area (Å²) in [6.07, 6.45) is 4.14. The van der Waals surface area contributed by atoms with E-state index in [2.05, 4.69) is 15.3 Å². The van der Waals surface area contributed by atoms with Gasteiger partial charge in [-0.1, -0.05) is 0 Å². The number of nitrogens with zero attached hydrogens (tertiary/aromatic N) is 3. The summed E-state index contributed by atoms with van der Waals surface area (Å²) in [5.41, 5.74) is 1.04. The van der Waals surface area contributed by atoms with E-state index in [1.807, 2.05) is 17.7 Å². The van der Waals surface area contributed by atoms with Crippen LogP contribution in [0.15, 0.2) is 18.6 Å². The quantitative estimate of drug-likeness (QED) is 0.829. The largest absolute Gasteiger partial charge is 0.386 e. The SMILES string of the molecule is Cn1cnc2c(NCC3(O)CCOC3)nccc21. The fourth-order valence-corrected chi connectivity index (χ4v) is 2.18. The molecule has 6 heteroatoms. The highest BCUT2D eigenvalue weighted by atomic mass is 16.5. The van der Waals surface area contributed by atoms with Gasteiger partial charge in [-0.15, -0.1) is 0 Å².